The number of anilines is 2. The number of benzene rings is 1. The van der Waals surface area contributed by atoms with Gasteiger partial charge in [-0.3, -0.25) is 9.78 Å². The number of nitrogens with zero attached hydrogens (tertiary/aromatic N) is 5. The molecule has 0 saturated carbocycles. The van der Waals surface area contributed by atoms with Crippen LogP contribution in [-0.2, 0) is 4.79 Å². The SMILES string of the molecule is CC1=C(C(=O)Nc2cccnc2)[C@H](c2ccccc2)n2nnnc2N1. The van der Waals surface area contributed by atoms with Gasteiger partial charge in [-0.2, -0.15) is 4.68 Å². The number of tetrazole rings is 1. The van der Waals surface area contributed by atoms with Gasteiger partial charge >= 0.3 is 0 Å². The standard InChI is InChI=1S/C17H15N7O/c1-11-14(16(25)20-13-8-5-9-18-10-13)15(12-6-3-2-4-7-12)24-17(19-11)21-22-23-24/h2-10,15H,1H3,(H,20,25)(H,19,21,23)/t15-/m0/s1. The summed E-state index contributed by atoms with van der Waals surface area (Å²) in [6.07, 6.45) is 3.26. The van der Waals surface area contributed by atoms with Crippen LogP contribution in [0, 0.1) is 0 Å². The number of carbonyl (C=O) groups is 1. The Kier molecular flexibility index (Phi) is 3.70. The molecule has 0 aliphatic carbocycles. The van der Waals surface area contributed by atoms with E-state index in [1.165, 1.54) is 0 Å². The third-order valence-corrected chi connectivity index (χ3v) is 3.99. The highest BCUT2D eigenvalue weighted by Crippen LogP contribution is 2.34. The van der Waals surface area contributed by atoms with Crippen LogP contribution in [0.4, 0.5) is 11.6 Å². The fourth-order valence-corrected chi connectivity index (χ4v) is 2.89. The van der Waals surface area contributed by atoms with Crippen molar-refractivity contribution in [3.8, 4) is 0 Å². The first kappa shape index (κ1) is 15.0. The van der Waals surface area contributed by atoms with Crippen LogP contribution in [0.1, 0.15) is 18.5 Å². The van der Waals surface area contributed by atoms with Gasteiger partial charge in [-0.1, -0.05) is 35.4 Å². The second-order valence-electron chi connectivity index (χ2n) is 5.62. The van der Waals surface area contributed by atoms with E-state index in [0.29, 0.717) is 22.9 Å². The number of hydrogen-bond donors (Lipinski definition) is 2. The molecule has 0 bridgehead atoms. The first-order valence-electron chi connectivity index (χ1n) is 7.76. The zero-order valence-corrected chi connectivity index (χ0v) is 13.4. The maximum absolute atomic E-state index is 13.0. The number of nitrogens with one attached hydrogen (secondary N) is 2. The number of rotatable bonds is 3. The Morgan fingerprint density at radius 3 is 2.80 bits per heavy atom. The Morgan fingerprint density at radius 2 is 2.04 bits per heavy atom. The predicted molar refractivity (Wildman–Crippen MR) is 91.6 cm³/mol. The van der Waals surface area contributed by atoms with E-state index in [4.69, 9.17) is 0 Å². The van der Waals surface area contributed by atoms with Crippen LogP contribution < -0.4 is 10.6 Å². The lowest BCUT2D eigenvalue weighted by molar-refractivity contribution is -0.113. The Morgan fingerprint density at radius 1 is 1.20 bits per heavy atom. The van der Waals surface area contributed by atoms with Crippen molar-refractivity contribution < 1.29 is 4.79 Å². The fraction of sp³-hybridized carbons (Fsp3) is 0.118. The second-order valence-corrected chi connectivity index (χ2v) is 5.62. The van der Waals surface area contributed by atoms with Crippen molar-refractivity contribution in [2.24, 2.45) is 0 Å². The van der Waals surface area contributed by atoms with E-state index >= 15 is 0 Å². The number of aromatic nitrogens is 5. The van der Waals surface area contributed by atoms with Gasteiger partial charge in [-0.05, 0) is 35.0 Å². The Hall–Kier alpha value is -3.55. The molecule has 1 aliphatic heterocycles. The lowest BCUT2D eigenvalue weighted by Gasteiger charge is -2.27. The van der Waals surface area contributed by atoms with Gasteiger partial charge in [0.2, 0.25) is 5.95 Å². The predicted octanol–water partition coefficient (Wildman–Crippen LogP) is 2.00. The summed E-state index contributed by atoms with van der Waals surface area (Å²) in [4.78, 5) is 17.0. The average Bonchev–Trinajstić information content (AvgIpc) is 3.10. The number of hydrogen-bond acceptors (Lipinski definition) is 6. The molecule has 8 heteroatoms. The summed E-state index contributed by atoms with van der Waals surface area (Å²) in [7, 11) is 0. The Bertz CT molecular complexity index is 934. The minimum Gasteiger partial charge on any atom is -0.326 e. The highest BCUT2D eigenvalue weighted by Gasteiger charge is 2.33. The molecular formula is C17H15N7O. The molecule has 124 valence electrons. The first-order valence-corrected chi connectivity index (χ1v) is 7.76. The number of pyridine rings is 1. The molecule has 3 aromatic rings. The van der Waals surface area contributed by atoms with Crippen LogP contribution in [0.5, 0.6) is 0 Å². The maximum Gasteiger partial charge on any atom is 0.255 e. The fourth-order valence-electron chi connectivity index (χ4n) is 2.89. The minimum atomic E-state index is -0.413. The molecule has 8 nitrogen and oxygen atoms in total. The van der Waals surface area contributed by atoms with Crippen molar-refractivity contribution in [2.75, 3.05) is 10.6 Å². The molecule has 1 atom stereocenters. The summed E-state index contributed by atoms with van der Waals surface area (Å²) in [5, 5.41) is 17.7. The van der Waals surface area contributed by atoms with E-state index in [2.05, 4.69) is 31.1 Å². The number of allylic oxidation sites excluding steroid dienone is 1. The smallest absolute Gasteiger partial charge is 0.255 e. The van der Waals surface area contributed by atoms with Crippen molar-refractivity contribution in [3.63, 3.8) is 0 Å². The number of fused-ring (bicyclic) bond motifs is 1. The monoisotopic (exact) mass is 333 g/mol. The van der Waals surface area contributed by atoms with Crippen molar-refractivity contribution >= 4 is 17.5 Å². The molecule has 1 amide bonds. The third kappa shape index (κ3) is 2.74. The van der Waals surface area contributed by atoms with Crippen molar-refractivity contribution in [2.45, 2.75) is 13.0 Å². The van der Waals surface area contributed by atoms with Gasteiger partial charge in [0, 0.05) is 11.9 Å². The summed E-state index contributed by atoms with van der Waals surface area (Å²) >= 11 is 0. The van der Waals surface area contributed by atoms with Crippen LogP contribution in [0.3, 0.4) is 0 Å². The lowest BCUT2D eigenvalue weighted by Crippen LogP contribution is -2.31. The lowest BCUT2D eigenvalue weighted by atomic mass is 9.95. The Balaban J connectivity index is 1.77. The van der Waals surface area contributed by atoms with Crippen molar-refractivity contribution in [1.29, 1.82) is 0 Å². The van der Waals surface area contributed by atoms with Gasteiger partial charge in [-0.25, -0.2) is 0 Å². The highest BCUT2D eigenvalue weighted by atomic mass is 16.1. The summed E-state index contributed by atoms with van der Waals surface area (Å²) in [5.74, 6) is 0.275. The van der Waals surface area contributed by atoms with Gasteiger partial charge in [0.25, 0.3) is 5.91 Å². The zero-order chi connectivity index (χ0) is 17.2. The van der Waals surface area contributed by atoms with E-state index in [1.54, 1.807) is 29.2 Å². The molecule has 0 radical (unpaired) electrons. The summed E-state index contributed by atoms with van der Waals surface area (Å²) < 4.78 is 1.61. The van der Waals surface area contributed by atoms with Crippen LogP contribution in [0.25, 0.3) is 0 Å². The molecule has 0 spiro atoms. The van der Waals surface area contributed by atoms with Gasteiger partial charge in [0.05, 0.1) is 17.5 Å². The molecule has 2 aromatic heterocycles. The molecule has 1 aromatic carbocycles. The van der Waals surface area contributed by atoms with Crippen LogP contribution in [-0.4, -0.2) is 31.1 Å². The van der Waals surface area contributed by atoms with Gasteiger partial charge < -0.3 is 10.6 Å². The summed E-state index contributed by atoms with van der Waals surface area (Å²) in [6, 6.07) is 12.8. The molecular weight excluding hydrogens is 318 g/mol. The maximum atomic E-state index is 13.0. The van der Waals surface area contributed by atoms with Crippen LogP contribution >= 0.6 is 0 Å². The van der Waals surface area contributed by atoms with E-state index in [-0.39, 0.29) is 5.91 Å². The number of amides is 1. The van der Waals surface area contributed by atoms with Crippen LogP contribution in [0.15, 0.2) is 66.1 Å². The summed E-state index contributed by atoms with van der Waals surface area (Å²) in [6.45, 7) is 1.84. The largest absolute Gasteiger partial charge is 0.326 e. The van der Waals surface area contributed by atoms with Crippen molar-refractivity contribution in [3.05, 3.63) is 71.7 Å². The number of carbonyl (C=O) groups excluding carboxylic acids is 1. The normalized spacial score (nSPS) is 16.1. The average molecular weight is 333 g/mol. The second kappa shape index (κ2) is 6.16. The molecule has 4 rings (SSSR count). The van der Waals surface area contributed by atoms with Gasteiger partial charge in [0.15, 0.2) is 0 Å². The topological polar surface area (TPSA) is 97.6 Å². The zero-order valence-electron chi connectivity index (χ0n) is 13.4. The quantitative estimate of drug-likeness (QED) is 0.761. The molecule has 25 heavy (non-hydrogen) atoms. The molecule has 3 heterocycles. The highest BCUT2D eigenvalue weighted by molar-refractivity contribution is 6.05. The van der Waals surface area contributed by atoms with E-state index < -0.39 is 6.04 Å². The molecule has 1 aliphatic rings. The Labute approximate surface area is 143 Å². The molecule has 0 saturated heterocycles. The molecule has 0 unspecified atom stereocenters. The van der Waals surface area contributed by atoms with E-state index in [9.17, 15) is 4.79 Å². The third-order valence-electron chi connectivity index (χ3n) is 3.99. The molecule has 2 N–H and O–H groups in total. The minimum absolute atomic E-state index is 0.229. The summed E-state index contributed by atoms with van der Waals surface area (Å²) in [5.41, 5.74) is 2.81. The first-order chi connectivity index (χ1) is 12.2. The van der Waals surface area contributed by atoms with Crippen molar-refractivity contribution in [1.82, 2.24) is 25.2 Å². The van der Waals surface area contributed by atoms with E-state index in [1.807, 2.05) is 37.3 Å². The van der Waals surface area contributed by atoms with Gasteiger partial charge in [-0.15, -0.1) is 0 Å². The van der Waals surface area contributed by atoms with Gasteiger partial charge in [0.1, 0.15) is 6.04 Å². The van der Waals surface area contributed by atoms with Crippen LogP contribution in [0.2, 0.25) is 0 Å². The van der Waals surface area contributed by atoms with E-state index in [0.717, 1.165) is 5.56 Å². The molecule has 0 fully saturated rings.